The third kappa shape index (κ3) is 51.9. The number of hydrogen-bond donors (Lipinski definition) is 3. The zero-order valence-corrected chi connectivity index (χ0v) is 51.0. The highest BCUT2D eigenvalue weighted by atomic mass is 31.2. The SMILES string of the molecule is CCCCCCCCCC(=O)OC[C@H](COP(=O)(O)OC[C@H](O)COP(=O)(O)OC[C@@H](COC(=O)CCCCCCCCC(C)CC)OC(=O)CCCCCCCCCCCCC(C)C)OC(=O)CCCCCCCCC. The van der Waals surface area contributed by atoms with Crippen LogP contribution in [-0.4, -0.2) is 96.7 Å². The van der Waals surface area contributed by atoms with Crippen LogP contribution in [0.2, 0.25) is 0 Å². The molecule has 0 aliphatic heterocycles. The molecule has 0 aromatic heterocycles. The Morgan fingerprint density at radius 3 is 0.987 bits per heavy atom. The number of phosphoric acid groups is 2. The lowest BCUT2D eigenvalue weighted by molar-refractivity contribution is -0.161. The van der Waals surface area contributed by atoms with Crippen LogP contribution in [0.15, 0.2) is 0 Å². The van der Waals surface area contributed by atoms with Crippen molar-refractivity contribution in [2.24, 2.45) is 11.8 Å². The number of carbonyl (C=O) groups excluding carboxylic acids is 4. The number of esters is 4. The van der Waals surface area contributed by atoms with Crippen molar-refractivity contribution in [3.8, 4) is 0 Å². The molecular formula is C58H112O17P2. The molecule has 0 aromatic rings. The molecule has 17 nitrogen and oxygen atoms in total. The van der Waals surface area contributed by atoms with Crippen molar-refractivity contribution in [3.05, 3.63) is 0 Å². The van der Waals surface area contributed by atoms with Gasteiger partial charge >= 0.3 is 39.5 Å². The smallest absolute Gasteiger partial charge is 0.462 e. The highest BCUT2D eigenvalue weighted by Gasteiger charge is 2.30. The summed E-state index contributed by atoms with van der Waals surface area (Å²) >= 11 is 0. The van der Waals surface area contributed by atoms with Crippen LogP contribution in [0.3, 0.4) is 0 Å². The van der Waals surface area contributed by atoms with Crippen molar-refractivity contribution in [2.45, 2.75) is 297 Å². The molecule has 0 amide bonds. The minimum absolute atomic E-state index is 0.103. The van der Waals surface area contributed by atoms with Crippen molar-refractivity contribution >= 4 is 39.5 Å². The van der Waals surface area contributed by atoms with E-state index >= 15 is 0 Å². The highest BCUT2D eigenvalue weighted by molar-refractivity contribution is 7.47. The van der Waals surface area contributed by atoms with Gasteiger partial charge in [0.2, 0.25) is 0 Å². The van der Waals surface area contributed by atoms with E-state index in [2.05, 4.69) is 41.5 Å². The predicted molar refractivity (Wildman–Crippen MR) is 303 cm³/mol. The summed E-state index contributed by atoms with van der Waals surface area (Å²) in [6, 6.07) is 0. The Morgan fingerprint density at radius 2 is 0.662 bits per heavy atom. The molecule has 0 saturated heterocycles. The zero-order chi connectivity index (χ0) is 57.3. The van der Waals surface area contributed by atoms with Crippen LogP contribution in [-0.2, 0) is 65.4 Å². The van der Waals surface area contributed by atoms with Crippen LogP contribution in [0.4, 0.5) is 0 Å². The number of aliphatic hydroxyl groups excluding tert-OH is 1. The Bertz CT molecular complexity index is 1530. The average molecular weight is 1140 g/mol. The second kappa shape index (κ2) is 51.0. The van der Waals surface area contributed by atoms with Gasteiger partial charge in [0.15, 0.2) is 12.2 Å². The summed E-state index contributed by atoms with van der Waals surface area (Å²) in [5, 5.41) is 10.5. The maximum Gasteiger partial charge on any atom is 0.472 e. The van der Waals surface area contributed by atoms with Crippen molar-refractivity contribution < 1.29 is 80.2 Å². The summed E-state index contributed by atoms with van der Waals surface area (Å²) in [7, 11) is -9.87. The Balaban J connectivity index is 5.20. The van der Waals surface area contributed by atoms with Gasteiger partial charge in [-0.25, -0.2) is 9.13 Å². The van der Waals surface area contributed by atoms with Crippen molar-refractivity contribution in [1.29, 1.82) is 0 Å². The molecule has 0 rings (SSSR count). The van der Waals surface area contributed by atoms with Crippen LogP contribution in [0, 0.1) is 11.8 Å². The molecule has 0 aliphatic rings. The maximum absolute atomic E-state index is 12.9. The van der Waals surface area contributed by atoms with Crippen LogP contribution < -0.4 is 0 Å². The van der Waals surface area contributed by atoms with E-state index in [1.165, 1.54) is 64.2 Å². The van der Waals surface area contributed by atoms with Gasteiger partial charge in [0.25, 0.3) is 0 Å². The normalized spacial score (nSPS) is 14.8. The first kappa shape index (κ1) is 75.1. The van der Waals surface area contributed by atoms with Gasteiger partial charge in [0.1, 0.15) is 19.3 Å². The van der Waals surface area contributed by atoms with E-state index in [0.717, 1.165) is 134 Å². The Kier molecular flexibility index (Phi) is 49.7. The van der Waals surface area contributed by atoms with E-state index < -0.39 is 97.5 Å². The molecule has 3 unspecified atom stereocenters. The second-order valence-corrected chi connectivity index (χ2v) is 24.7. The molecule has 19 heteroatoms. The van der Waals surface area contributed by atoms with E-state index in [9.17, 15) is 43.2 Å². The van der Waals surface area contributed by atoms with E-state index in [4.69, 9.17) is 37.0 Å². The highest BCUT2D eigenvalue weighted by Crippen LogP contribution is 2.45. The van der Waals surface area contributed by atoms with Gasteiger partial charge in [-0.15, -0.1) is 0 Å². The topological polar surface area (TPSA) is 237 Å². The maximum atomic E-state index is 12.9. The number of hydrogen-bond acceptors (Lipinski definition) is 15. The van der Waals surface area contributed by atoms with Crippen molar-refractivity contribution in [1.82, 2.24) is 0 Å². The van der Waals surface area contributed by atoms with E-state index in [1.807, 2.05) is 0 Å². The van der Waals surface area contributed by atoms with Crippen LogP contribution >= 0.6 is 15.6 Å². The summed E-state index contributed by atoms with van der Waals surface area (Å²) < 4.78 is 67.5. The molecule has 77 heavy (non-hydrogen) atoms. The van der Waals surface area contributed by atoms with Crippen LogP contribution in [0.1, 0.15) is 279 Å². The third-order valence-electron chi connectivity index (χ3n) is 13.6. The minimum atomic E-state index is -4.94. The van der Waals surface area contributed by atoms with Gasteiger partial charge in [-0.1, -0.05) is 228 Å². The number of rotatable bonds is 57. The number of carbonyl (C=O) groups is 4. The fraction of sp³-hybridized carbons (Fsp3) is 0.931. The Morgan fingerprint density at radius 1 is 0.377 bits per heavy atom. The average Bonchev–Trinajstić information content (AvgIpc) is 3.39. The first-order chi connectivity index (χ1) is 36.9. The summed E-state index contributed by atoms with van der Waals surface area (Å²) in [5.41, 5.74) is 0. The molecular weight excluding hydrogens is 1030 g/mol. The first-order valence-electron chi connectivity index (χ1n) is 30.5. The molecule has 6 atom stereocenters. The van der Waals surface area contributed by atoms with Crippen LogP contribution in [0.25, 0.3) is 0 Å². The standard InChI is InChI=1S/C58H112O17P2/c1-7-10-12-14-20-28-34-40-55(60)68-46-53(74-57(62)42-36-30-21-15-13-11-8-2)48-72-76(64,65)70-44-52(59)45-71-77(66,67)73-49-54(47-69-56(61)41-35-29-25-24-27-33-39-51(6)9-3)75-58(63)43-37-31-23-19-17-16-18-22-26-32-38-50(4)5/h50-54,59H,7-49H2,1-6H3,(H,64,65)(H,66,67)/t51?,52-,53+,54+/m0/s1. The molecule has 0 saturated carbocycles. The second-order valence-electron chi connectivity index (χ2n) is 21.7. The summed E-state index contributed by atoms with van der Waals surface area (Å²) in [4.78, 5) is 71.7. The first-order valence-corrected chi connectivity index (χ1v) is 33.5. The molecule has 3 N–H and O–H groups in total. The van der Waals surface area contributed by atoms with E-state index in [-0.39, 0.29) is 25.7 Å². The quantitative estimate of drug-likeness (QED) is 0.0222. The lowest BCUT2D eigenvalue weighted by atomic mass is 10.00. The molecule has 0 fully saturated rings. The molecule has 456 valence electrons. The van der Waals surface area contributed by atoms with Gasteiger partial charge in [0.05, 0.1) is 26.4 Å². The summed E-state index contributed by atoms with van der Waals surface area (Å²) in [5.74, 6) is -0.669. The third-order valence-corrected chi connectivity index (χ3v) is 15.5. The fourth-order valence-electron chi connectivity index (χ4n) is 8.44. The minimum Gasteiger partial charge on any atom is -0.462 e. The largest absolute Gasteiger partial charge is 0.472 e. The lowest BCUT2D eigenvalue weighted by Crippen LogP contribution is -2.30. The van der Waals surface area contributed by atoms with E-state index in [1.54, 1.807) is 0 Å². The van der Waals surface area contributed by atoms with Crippen molar-refractivity contribution in [2.75, 3.05) is 39.6 Å². The van der Waals surface area contributed by atoms with Gasteiger partial charge in [0, 0.05) is 25.7 Å². The van der Waals surface area contributed by atoms with Crippen molar-refractivity contribution in [3.63, 3.8) is 0 Å². The molecule has 0 aromatic carbocycles. The molecule has 0 heterocycles. The van der Waals surface area contributed by atoms with Gasteiger partial charge in [-0.2, -0.15) is 0 Å². The number of phosphoric ester groups is 2. The van der Waals surface area contributed by atoms with E-state index in [0.29, 0.717) is 25.7 Å². The van der Waals surface area contributed by atoms with Crippen LogP contribution in [0.5, 0.6) is 0 Å². The lowest BCUT2D eigenvalue weighted by Gasteiger charge is -2.21. The Labute approximate surface area is 467 Å². The number of ether oxygens (including phenoxy) is 4. The zero-order valence-electron chi connectivity index (χ0n) is 49.2. The molecule has 0 aliphatic carbocycles. The van der Waals surface area contributed by atoms with Gasteiger partial charge < -0.3 is 33.8 Å². The number of unbranched alkanes of at least 4 members (excludes halogenated alkanes) is 26. The fourth-order valence-corrected chi connectivity index (χ4v) is 10.0. The van der Waals surface area contributed by atoms with Gasteiger partial charge in [-0.3, -0.25) is 37.3 Å². The molecule has 0 spiro atoms. The summed E-state index contributed by atoms with van der Waals surface area (Å²) in [6.07, 6.45) is 31.0. The monoisotopic (exact) mass is 1140 g/mol. The summed E-state index contributed by atoms with van der Waals surface area (Å²) in [6.45, 7) is 9.31. The predicted octanol–water partition coefficient (Wildman–Crippen LogP) is 15.3. The van der Waals surface area contributed by atoms with Gasteiger partial charge in [-0.05, 0) is 37.5 Å². The Hall–Kier alpha value is -1.94. The number of aliphatic hydroxyl groups is 1. The molecule has 0 bridgehead atoms. The molecule has 0 radical (unpaired) electrons.